The molecule has 2 N–H and O–H groups in total. The smallest absolute Gasteiger partial charge is 0.475 e. The number of carbonyl (C=O) groups excluding carboxylic acids is 1. The Bertz CT molecular complexity index is 1600. The maximum atomic E-state index is 12.5. The van der Waals surface area contributed by atoms with Crippen LogP contribution in [-0.2, 0) is 16.8 Å². The number of likely N-dealkylation sites (N-methyl/N-ethyl adjacent to an activating group) is 1. The van der Waals surface area contributed by atoms with E-state index < -0.39 is 12.1 Å². The summed E-state index contributed by atoms with van der Waals surface area (Å²) in [6, 6.07) is 8.31. The molecule has 0 spiro atoms. The fourth-order valence-electron chi connectivity index (χ4n) is 4.29. The Morgan fingerprint density at radius 1 is 1.09 bits per heavy atom. The summed E-state index contributed by atoms with van der Waals surface area (Å²) in [6.45, 7) is 12.4. The number of benzene rings is 1. The fraction of sp³-hybridized carbons (Fsp3) is 0.429. The molecule has 1 aliphatic heterocycles. The van der Waals surface area contributed by atoms with Crippen molar-refractivity contribution in [3.8, 4) is 11.3 Å². The average Bonchev–Trinajstić information content (AvgIpc) is 3.60. The van der Waals surface area contributed by atoms with Crippen molar-refractivity contribution >= 4 is 23.1 Å². The van der Waals surface area contributed by atoms with Crippen LogP contribution in [0.2, 0.25) is 0 Å². The predicted octanol–water partition coefficient (Wildman–Crippen LogP) is 3.70. The van der Waals surface area contributed by atoms with Crippen LogP contribution < -0.4 is 10.2 Å². The number of piperazine rings is 1. The summed E-state index contributed by atoms with van der Waals surface area (Å²) >= 11 is 0. The molecule has 1 fully saturated rings. The van der Waals surface area contributed by atoms with Crippen LogP contribution in [-0.4, -0.2) is 86.0 Å². The molecule has 1 aromatic carbocycles. The molecule has 4 aromatic rings. The van der Waals surface area contributed by atoms with Crippen molar-refractivity contribution in [2.45, 2.75) is 45.8 Å². The highest BCUT2D eigenvalue weighted by Gasteiger charge is 2.38. The Hall–Kier alpha value is -4.53. The monoisotopic (exact) mass is 602 g/mol. The van der Waals surface area contributed by atoms with Crippen molar-refractivity contribution in [1.82, 2.24) is 35.0 Å². The molecule has 0 unspecified atom stereocenters. The lowest BCUT2D eigenvalue weighted by molar-refractivity contribution is -0.192. The van der Waals surface area contributed by atoms with Gasteiger partial charge in [0.15, 0.2) is 0 Å². The van der Waals surface area contributed by atoms with Gasteiger partial charge in [-0.25, -0.2) is 14.3 Å². The van der Waals surface area contributed by atoms with Crippen molar-refractivity contribution in [3.63, 3.8) is 0 Å². The Kier molecular flexibility index (Phi) is 9.04. The number of alkyl halides is 3. The van der Waals surface area contributed by atoms with Crippen LogP contribution >= 0.6 is 0 Å². The van der Waals surface area contributed by atoms with Gasteiger partial charge in [-0.1, -0.05) is 38.1 Å². The van der Waals surface area contributed by atoms with E-state index in [-0.39, 0.29) is 17.1 Å². The Balaban J connectivity index is 0.000000541. The van der Waals surface area contributed by atoms with Crippen LogP contribution in [0.5, 0.6) is 0 Å². The third-order valence-corrected chi connectivity index (χ3v) is 6.83. The molecule has 43 heavy (non-hydrogen) atoms. The van der Waals surface area contributed by atoms with Gasteiger partial charge in [-0.3, -0.25) is 4.79 Å². The fourth-order valence-corrected chi connectivity index (χ4v) is 4.29. The first-order valence-corrected chi connectivity index (χ1v) is 13.4. The topological polar surface area (TPSA) is 142 Å². The molecule has 0 aliphatic carbocycles. The molecular formula is C28H33F3N8O4. The number of amides is 1. The SMILES string of the molecule is Cc1cc(-c2ncnn3cc(N4CCN(C)CC4)cc23)ccc1CNC(=O)c1noc(C(C)(C)C)n1.O=C(O)C(F)(F)F. The molecule has 3 aromatic heterocycles. The second-order valence-electron chi connectivity index (χ2n) is 11.2. The van der Waals surface area contributed by atoms with E-state index in [0.29, 0.717) is 12.4 Å². The first-order valence-electron chi connectivity index (χ1n) is 13.4. The first-order chi connectivity index (χ1) is 20.1. The first kappa shape index (κ1) is 31.4. The van der Waals surface area contributed by atoms with E-state index >= 15 is 0 Å². The van der Waals surface area contributed by atoms with Gasteiger partial charge >= 0.3 is 12.1 Å². The number of fused-ring (bicyclic) bond motifs is 1. The third kappa shape index (κ3) is 7.66. The summed E-state index contributed by atoms with van der Waals surface area (Å²) in [5.41, 5.74) is 5.77. The van der Waals surface area contributed by atoms with Gasteiger partial charge in [0.05, 0.1) is 23.1 Å². The molecule has 5 rings (SSSR count). The zero-order valence-corrected chi connectivity index (χ0v) is 24.4. The van der Waals surface area contributed by atoms with Crippen molar-refractivity contribution in [2.24, 2.45) is 0 Å². The molecule has 4 heterocycles. The zero-order chi connectivity index (χ0) is 31.5. The largest absolute Gasteiger partial charge is 0.490 e. The zero-order valence-electron chi connectivity index (χ0n) is 24.4. The number of anilines is 1. The van der Waals surface area contributed by atoms with E-state index in [1.807, 2.05) is 44.3 Å². The average molecular weight is 603 g/mol. The normalized spacial score (nSPS) is 14.4. The number of hydrogen-bond donors (Lipinski definition) is 2. The highest BCUT2D eigenvalue weighted by Crippen LogP contribution is 2.28. The Morgan fingerprint density at radius 2 is 1.77 bits per heavy atom. The summed E-state index contributed by atoms with van der Waals surface area (Å²) in [5.74, 6) is -2.64. The van der Waals surface area contributed by atoms with Gasteiger partial charge < -0.3 is 24.7 Å². The summed E-state index contributed by atoms with van der Waals surface area (Å²) in [7, 11) is 2.16. The van der Waals surface area contributed by atoms with Gasteiger partial charge in [-0.15, -0.1) is 0 Å². The number of hydrogen-bond acceptors (Lipinski definition) is 9. The van der Waals surface area contributed by atoms with E-state index in [9.17, 15) is 18.0 Å². The van der Waals surface area contributed by atoms with Crippen LogP contribution in [0.4, 0.5) is 18.9 Å². The third-order valence-electron chi connectivity index (χ3n) is 6.83. The minimum Gasteiger partial charge on any atom is -0.475 e. The van der Waals surface area contributed by atoms with Gasteiger partial charge in [0.25, 0.3) is 11.7 Å². The second-order valence-corrected chi connectivity index (χ2v) is 11.2. The lowest BCUT2D eigenvalue weighted by Crippen LogP contribution is -2.44. The number of nitrogens with one attached hydrogen (secondary N) is 1. The van der Waals surface area contributed by atoms with Gasteiger partial charge in [0.1, 0.15) is 6.33 Å². The molecular weight excluding hydrogens is 569 g/mol. The molecule has 0 saturated carbocycles. The molecule has 0 bridgehead atoms. The van der Waals surface area contributed by atoms with E-state index in [1.54, 1.807) is 6.33 Å². The number of nitrogens with zero attached hydrogens (tertiary/aromatic N) is 7. The van der Waals surface area contributed by atoms with Crippen molar-refractivity contribution < 1.29 is 32.4 Å². The highest BCUT2D eigenvalue weighted by molar-refractivity contribution is 5.90. The molecule has 12 nitrogen and oxygen atoms in total. The Labute approximate surface area is 245 Å². The van der Waals surface area contributed by atoms with Crippen LogP contribution in [0.15, 0.2) is 41.3 Å². The predicted molar refractivity (Wildman–Crippen MR) is 151 cm³/mol. The highest BCUT2D eigenvalue weighted by atomic mass is 19.4. The molecule has 1 aliphatic rings. The standard InChI is InChI=1S/C26H32N8O2.C2HF3O2/c1-17-12-18(6-7-19(17)14-27-24(35)23-30-25(36-31-23)26(2,3)4)22-21-13-20(15-34(21)29-16-28-22)33-10-8-32(5)9-11-33;3-2(4,5)1(6)7/h6-7,12-13,15-16H,8-11,14H2,1-5H3,(H,27,35);(H,6,7). The van der Waals surface area contributed by atoms with Gasteiger partial charge in [-0.05, 0) is 37.2 Å². The van der Waals surface area contributed by atoms with E-state index in [0.717, 1.165) is 59.8 Å². The van der Waals surface area contributed by atoms with Gasteiger partial charge in [0, 0.05) is 43.7 Å². The molecule has 230 valence electrons. The van der Waals surface area contributed by atoms with Crippen molar-refractivity contribution in [2.75, 3.05) is 38.1 Å². The van der Waals surface area contributed by atoms with Crippen LogP contribution in [0.3, 0.4) is 0 Å². The van der Waals surface area contributed by atoms with Gasteiger partial charge in [0.2, 0.25) is 5.89 Å². The Morgan fingerprint density at radius 3 is 2.35 bits per heavy atom. The van der Waals surface area contributed by atoms with E-state index in [2.05, 4.69) is 60.7 Å². The number of halogens is 3. The minimum absolute atomic E-state index is 0.0435. The summed E-state index contributed by atoms with van der Waals surface area (Å²) in [4.78, 5) is 35.0. The molecule has 0 radical (unpaired) electrons. The van der Waals surface area contributed by atoms with Crippen molar-refractivity contribution in [3.05, 3.63) is 59.6 Å². The number of rotatable bonds is 5. The number of carbonyl (C=O) groups is 2. The number of aromatic nitrogens is 5. The minimum atomic E-state index is -5.08. The van der Waals surface area contributed by atoms with E-state index in [1.165, 1.54) is 0 Å². The summed E-state index contributed by atoms with van der Waals surface area (Å²) in [6.07, 6.45) is -1.41. The van der Waals surface area contributed by atoms with Crippen LogP contribution in [0.1, 0.15) is 48.4 Å². The number of aryl methyl sites for hydroxylation is 1. The summed E-state index contributed by atoms with van der Waals surface area (Å²) < 4.78 is 38.9. The van der Waals surface area contributed by atoms with Crippen molar-refractivity contribution in [1.29, 1.82) is 0 Å². The van der Waals surface area contributed by atoms with Crippen LogP contribution in [0.25, 0.3) is 16.8 Å². The number of aliphatic carboxylic acids is 1. The quantitative estimate of drug-likeness (QED) is 0.347. The van der Waals surface area contributed by atoms with Crippen LogP contribution in [0, 0.1) is 6.92 Å². The van der Waals surface area contributed by atoms with Gasteiger partial charge in [-0.2, -0.15) is 23.3 Å². The maximum absolute atomic E-state index is 12.5. The lowest BCUT2D eigenvalue weighted by atomic mass is 9.97. The number of carboxylic acids is 1. The lowest BCUT2D eigenvalue weighted by Gasteiger charge is -2.33. The molecule has 15 heteroatoms. The maximum Gasteiger partial charge on any atom is 0.490 e. The molecule has 1 amide bonds. The van der Waals surface area contributed by atoms with E-state index in [4.69, 9.17) is 14.4 Å². The number of carboxylic acid groups (broad SMARTS) is 1. The molecule has 0 atom stereocenters. The summed E-state index contributed by atoms with van der Waals surface area (Å²) in [5, 5.41) is 18.3. The second kappa shape index (κ2) is 12.4. The molecule has 1 saturated heterocycles.